The van der Waals surface area contributed by atoms with Crippen molar-refractivity contribution in [2.45, 2.75) is 39.2 Å². The zero-order valence-corrected chi connectivity index (χ0v) is 12.2. The Labute approximate surface area is 119 Å². The number of allylic oxidation sites excluding steroid dienone is 4. The molecule has 2 aliphatic heterocycles. The van der Waals surface area contributed by atoms with Crippen molar-refractivity contribution in [3.05, 3.63) is 33.5 Å². The first kappa shape index (κ1) is 11.8. The topological polar surface area (TPSA) is 24.4 Å². The summed E-state index contributed by atoms with van der Waals surface area (Å²) in [6, 6.07) is 0.555. The smallest absolute Gasteiger partial charge is 0.0743 e. The quantitative estimate of drug-likeness (QED) is 0.718. The summed E-state index contributed by atoms with van der Waals surface area (Å²) in [5, 5.41) is 4.62. The van der Waals surface area contributed by atoms with Crippen LogP contribution in [0, 0.1) is 11.3 Å². The largest absolute Gasteiger partial charge is 0.385 e. The summed E-state index contributed by atoms with van der Waals surface area (Å²) in [6.07, 6.45) is 7.81. The van der Waals surface area contributed by atoms with Crippen LogP contribution in [0.5, 0.6) is 0 Å². The van der Waals surface area contributed by atoms with E-state index in [1.54, 1.807) is 5.57 Å². The lowest BCUT2D eigenvalue weighted by molar-refractivity contribution is 0.277. The average Bonchev–Trinajstić information content (AvgIpc) is 2.77. The molecular weight excluding hydrogens is 256 g/mol. The molecule has 0 radical (unpaired) electrons. The molecule has 2 heterocycles. The van der Waals surface area contributed by atoms with Crippen molar-refractivity contribution in [2.24, 2.45) is 16.3 Å². The Hall–Kier alpha value is -1.02. The van der Waals surface area contributed by atoms with Crippen LogP contribution in [0.3, 0.4) is 0 Å². The van der Waals surface area contributed by atoms with Gasteiger partial charge in [0.05, 0.1) is 6.54 Å². The van der Waals surface area contributed by atoms with Gasteiger partial charge in [-0.15, -0.1) is 0 Å². The Bertz CT molecular complexity index is 582. The third-order valence-corrected chi connectivity index (χ3v) is 5.75. The van der Waals surface area contributed by atoms with Crippen LogP contribution in [-0.4, -0.2) is 18.8 Å². The van der Waals surface area contributed by atoms with Crippen LogP contribution in [0.1, 0.15) is 33.1 Å². The monoisotopic (exact) mass is 274 g/mol. The van der Waals surface area contributed by atoms with E-state index in [9.17, 15) is 0 Å². The predicted molar refractivity (Wildman–Crippen MR) is 79.4 cm³/mol. The fourth-order valence-corrected chi connectivity index (χ4v) is 4.39. The average molecular weight is 275 g/mol. The lowest BCUT2D eigenvalue weighted by Gasteiger charge is -2.42. The lowest BCUT2D eigenvalue weighted by atomic mass is 9.67. The van der Waals surface area contributed by atoms with Crippen LogP contribution in [0.15, 0.2) is 38.5 Å². The summed E-state index contributed by atoms with van der Waals surface area (Å²) >= 11 is 6.32. The first-order chi connectivity index (χ1) is 9.09. The van der Waals surface area contributed by atoms with Crippen molar-refractivity contribution in [2.75, 3.05) is 6.54 Å². The van der Waals surface area contributed by atoms with Crippen molar-refractivity contribution in [3.63, 3.8) is 0 Å². The molecule has 0 saturated carbocycles. The van der Waals surface area contributed by atoms with Crippen LogP contribution in [-0.2, 0) is 0 Å². The van der Waals surface area contributed by atoms with E-state index in [0.29, 0.717) is 18.5 Å². The van der Waals surface area contributed by atoms with Gasteiger partial charge in [0.1, 0.15) is 0 Å². The number of rotatable bonds is 0. The molecule has 0 fully saturated rings. The Morgan fingerprint density at radius 2 is 2.26 bits per heavy atom. The highest BCUT2D eigenvalue weighted by molar-refractivity contribution is 6.30. The van der Waals surface area contributed by atoms with Crippen LogP contribution < -0.4 is 5.32 Å². The maximum atomic E-state index is 6.32. The van der Waals surface area contributed by atoms with Crippen LogP contribution in [0.2, 0.25) is 0 Å². The summed E-state index contributed by atoms with van der Waals surface area (Å²) in [5.41, 5.74) is 6.05. The van der Waals surface area contributed by atoms with Gasteiger partial charge >= 0.3 is 0 Å². The Balaban J connectivity index is 2.03. The summed E-state index contributed by atoms with van der Waals surface area (Å²) in [6.45, 7) is 5.35. The van der Waals surface area contributed by atoms with E-state index in [4.69, 9.17) is 11.6 Å². The second-order valence-corrected chi connectivity index (χ2v) is 6.92. The maximum absolute atomic E-state index is 6.32. The van der Waals surface area contributed by atoms with E-state index in [0.717, 1.165) is 24.3 Å². The van der Waals surface area contributed by atoms with Crippen LogP contribution >= 0.6 is 11.6 Å². The standard InChI is InChI=1S/C16H19ClN2/c1-9-15-6-12-11-5-10(17)7-18-8-16(9,2)13(11)3-4-14(12)19-15/h5,8-9,15,19H,3-4,6-7H2,1-2H3. The Kier molecular flexibility index (Phi) is 2.33. The Morgan fingerprint density at radius 3 is 3.11 bits per heavy atom. The van der Waals surface area contributed by atoms with Gasteiger partial charge in [0.2, 0.25) is 0 Å². The molecule has 0 amide bonds. The molecule has 4 aliphatic rings. The molecule has 0 spiro atoms. The van der Waals surface area contributed by atoms with Crippen molar-refractivity contribution < 1.29 is 0 Å². The van der Waals surface area contributed by atoms with E-state index in [1.165, 1.54) is 16.8 Å². The van der Waals surface area contributed by atoms with Crippen molar-refractivity contribution in [1.82, 2.24) is 5.32 Å². The molecule has 4 rings (SSSR count). The molecule has 2 nitrogen and oxygen atoms in total. The first-order valence-corrected chi connectivity index (χ1v) is 7.57. The van der Waals surface area contributed by atoms with E-state index < -0.39 is 0 Å². The van der Waals surface area contributed by atoms with E-state index in [1.807, 2.05) is 0 Å². The molecule has 0 aromatic carbocycles. The molecule has 3 atom stereocenters. The number of hydrogen-bond donors (Lipinski definition) is 1. The van der Waals surface area contributed by atoms with Crippen molar-refractivity contribution >= 4 is 17.8 Å². The van der Waals surface area contributed by atoms with Gasteiger partial charge < -0.3 is 5.32 Å². The van der Waals surface area contributed by atoms with Gasteiger partial charge in [0.25, 0.3) is 0 Å². The molecule has 1 N–H and O–H groups in total. The highest BCUT2D eigenvalue weighted by atomic mass is 35.5. The number of nitrogens with one attached hydrogen (secondary N) is 1. The molecule has 100 valence electrons. The van der Waals surface area contributed by atoms with Gasteiger partial charge in [-0.2, -0.15) is 0 Å². The molecule has 2 aliphatic carbocycles. The van der Waals surface area contributed by atoms with Gasteiger partial charge in [-0.1, -0.05) is 31.0 Å². The molecular formula is C16H19ClN2. The summed E-state index contributed by atoms with van der Waals surface area (Å²) in [4.78, 5) is 4.59. The van der Waals surface area contributed by atoms with Gasteiger partial charge in [-0.25, -0.2) is 0 Å². The van der Waals surface area contributed by atoms with E-state index in [-0.39, 0.29) is 5.41 Å². The number of aliphatic imine (C=N–C) groups is 1. The summed E-state index contributed by atoms with van der Waals surface area (Å²) in [7, 11) is 0. The fourth-order valence-electron chi connectivity index (χ4n) is 4.22. The summed E-state index contributed by atoms with van der Waals surface area (Å²) in [5.74, 6) is 0.571. The normalized spacial score (nSPS) is 39.8. The second-order valence-electron chi connectivity index (χ2n) is 6.44. The zero-order chi connectivity index (χ0) is 13.2. The van der Waals surface area contributed by atoms with E-state index in [2.05, 4.69) is 36.4 Å². The first-order valence-electron chi connectivity index (χ1n) is 7.19. The number of nitrogens with zero attached hydrogens (tertiary/aromatic N) is 1. The minimum atomic E-state index is 0.0782. The highest BCUT2D eigenvalue weighted by Crippen LogP contribution is 2.53. The molecule has 5 bridgehead atoms. The van der Waals surface area contributed by atoms with Gasteiger partial charge in [-0.3, -0.25) is 4.99 Å². The van der Waals surface area contributed by atoms with E-state index >= 15 is 0 Å². The minimum absolute atomic E-state index is 0.0782. The third-order valence-electron chi connectivity index (χ3n) is 5.53. The zero-order valence-electron chi connectivity index (χ0n) is 11.5. The van der Waals surface area contributed by atoms with Gasteiger partial charge in [0, 0.05) is 28.4 Å². The molecule has 19 heavy (non-hydrogen) atoms. The number of halogens is 1. The Morgan fingerprint density at radius 1 is 1.42 bits per heavy atom. The molecule has 0 saturated heterocycles. The predicted octanol–water partition coefficient (Wildman–Crippen LogP) is 3.56. The van der Waals surface area contributed by atoms with Crippen LogP contribution in [0.4, 0.5) is 0 Å². The van der Waals surface area contributed by atoms with Crippen molar-refractivity contribution in [1.29, 1.82) is 0 Å². The fraction of sp³-hybridized carbons (Fsp3) is 0.562. The van der Waals surface area contributed by atoms with Crippen molar-refractivity contribution in [3.8, 4) is 0 Å². The highest BCUT2D eigenvalue weighted by Gasteiger charge is 2.47. The summed E-state index contributed by atoms with van der Waals surface area (Å²) < 4.78 is 0. The molecule has 0 aromatic heterocycles. The third kappa shape index (κ3) is 1.47. The number of fused-ring (bicyclic) bond motifs is 1. The minimum Gasteiger partial charge on any atom is -0.385 e. The molecule has 3 heteroatoms. The number of hydrogen-bond acceptors (Lipinski definition) is 2. The maximum Gasteiger partial charge on any atom is 0.0743 e. The van der Waals surface area contributed by atoms with Crippen LogP contribution in [0.25, 0.3) is 0 Å². The van der Waals surface area contributed by atoms with Gasteiger partial charge in [0.15, 0.2) is 0 Å². The second kappa shape index (κ2) is 3.76. The SMILES string of the molecule is CC1C2CC3=C(CCC4=C3C=C(Cl)CN=CC41C)N2. The molecule has 0 aromatic rings. The molecule has 3 unspecified atom stereocenters. The van der Waals surface area contributed by atoms with Gasteiger partial charge in [-0.05, 0) is 42.4 Å². The lowest BCUT2D eigenvalue weighted by Crippen LogP contribution is -2.43.